The first-order chi connectivity index (χ1) is 11.0. The molecule has 1 aromatic carbocycles. The number of hydrogen-bond acceptors (Lipinski definition) is 5. The van der Waals surface area contributed by atoms with Crippen LogP contribution in [0.3, 0.4) is 0 Å². The summed E-state index contributed by atoms with van der Waals surface area (Å²) in [4.78, 5) is 10.8. The van der Waals surface area contributed by atoms with E-state index in [9.17, 15) is 13.2 Å². The molecule has 0 saturated carbocycles. The van der Waals surface area contributed by atoms with Crippen LogP contribution in [-0.4, -0.2) is 34.1 Å². The van der Waals surface area contributed by atoms with Crippen molar-refractivity contribution in [2.24, 2.45) is 0 Å². The Labute approximate surface area is 131 Å². The highest BCUT2D eigenvalue weighted by atomic mass is 32.2. The number of rotatable bonds is 5. The van der Waals surface area contributed by atoms with Crippen molar-refractivity contribution in [3.05, 3.63) is 60.0 Å². The largest absolute Gasteiger partial charge is 0.478 e. The first kappa shape index (κ1) is 15.1. The number of sulfonamides is 1. The second-order valence-electron chi connectivity index (χ2n) is 4.70. The second-order valence-corrected chi connectivity index (χ2v) is 6.47. The third-order valence-corrected chi connectivity index (χ3v) is 4.59. The molecule has 118 valence electrons. The summed E-state index contributed by atoms with van der Waals surface area (Å²) in [6, 6.07) is 10.5. The molecule has 2 heterocycles. The number of carbonyl (C=O) groups is 1. The summed E-state index contributed by atoms with van der Waals surface area (Å²) >= 11 is 0. The van der Waals surface area contributed by atoms with E-state index >= 15 is 0 Å². The molecule has 23 heavy (non-hydrogen) atoms. The quantitative estimate of drug-likeness (QED) is 0.718. The number of fused-ring (bicyclic) bond motifs is 1. The second kappa shape index (κ2) is 5.78. The predicted octanol–water partition coefficient (Wildman–Crippen LogP) is 0.906. The third kappa shape index (κ3) is 3.05. The van der Waals surface area contributed by atoms with Crippen molar-refractivity contribution in [3.63, 3.8) is 0 Å². The molecule has 0 unspecified atom stereocenters. The summed E-state index contributed by atoms with van der Waals surface area (Å²) in [5.41, 5.74) is 0.510. The Hall–Kier alpha value is -2.78. The van der Waals surface area contributed by atoms with E-state index in [-0.39, 0.29) is 17.0 Å². The highest BCUT2D eigenvalue weighted by Crippen LogP contribution is 2.12. The summed E-state index contributed by atoms with van der Waals surface area (Å²) in [5, 5.41) is 16.8. The molecule has 0 aliphatic rings. The minimum Gasteiger partial charge on any atom is -0.478 e. The minimum absolute atomic E-state index is 0.0647. The molecule has 2 N–H and O–H groups in total. The molecule has 0 aliphatic heterocycles. The summed E-state index contributed by atoms with van der Waals surface area (Å²) < 4.78 is 28.6. The standard InChI is InChI=1S/C14H12N4O4S/c19-14(20)10-4-3-5-11(8-10)23(21,22)15-9-13-17-16-12-6-1-2-7-18(12)13/h1-8,15H,9H2,(H,19,20). The van der Waals surface area contributed by atoms with Crippen LogP contribution >= 0.6 is 0 Å². The lowest BCUT2D eigenvalue weighted by molar-refractivity contribution is 0.0696. The number of aromatic nitrogens is 3. The summed E-state index contributed by atoms with van der Waals surface area (Å²) in [6.07, 6.45) is 1.73. The van der Waals surface area contributed by atoms with Crippen molar-refractivity contribution in [2.75, 3.05) is 0 Å². The lowest BCUT2D eigenvalue weighted by atomic mass is 10.2. The van der Waals surface area contributed by atoms with Crippen molar-refractivity contribution >= 4 is 21.6 Å². The van der Waals surface area contributed by atoms with Crippen molar-refractivity contribution < 1.29 is 18.3 Å². The van der Waals surface area contributed by atoms with Crippen LogP contribution < -0.4 is 4.72 Å². The van der Waals surface area contributed by atoms with E-state index in [0.29, 0.717) is 11.5 Å². The molecular weight excluding hydrogens is 320 g/mol. The van der Waals surface area contributed by atoms with Gasteiger partial charge in [0.15, 0.2) is 11.5 Å². The number of carboxylic acids is 1. The topological polar surface area (TPSA) is 114 Å². The minimum atomic E-state index is -3.86. The molecule has 0 atom stereocenters. The Balaban J connectivity index is 1.84. The van der Waals surface area contributed by atoms with Crippen molar-refractivity contribution in [2.45, 2.75) is 11.4 Å². The van der Waals surface area contributed by atoms with Crippen LogP contribution in [0.25, 0.3) is 5.65 Å². The highest BCUT2D eigenvalue weighted by molar-refractivity contribution is 7.89. The van der Waals surface area contributed by atoms with Gasteiger partial charge in [-0.1, -0.05) is 12.1 Å². The lowest BCUT2D eigenvalue weighted by Crippen LogP contribution is -2.24. The SMILES string of the molecule is O=C(O)c1cccc(S(=O)(=O)NCc2nnc3ccccn23)c1. The normalized spacial score (nSPS) is 11.7. The van der Waals surface area contributed by atoms with Gasteiger partial charge in [-0.15, -0.1) is 10.2 Å². The van der Waals surface area contributed by atoms with Crippen LogP contribution in [0.2, 0.25) is 0 Å². The fraction of sp³-hybridized carbons (Fsp3) is 0.0714. The fourth-order valence-electron chi connectivity index (χ4n) is 2.05. The Morgan fingerprint density at radius 1 is 1.17 bits per heavy atom. The van der Waals surface area contributed by atoms with Gasteiger partial charge in [0.1, 0.15) is 0 Å². The zero-order chi connectivity index (χ0) is 16.4. The van der Waals surface area contributed by atoms with Gasteiger partial charge < -0.3 is 5.11 Å². The molecular formula is C14H12N4O4S. The van der Waals surface area contributed by atoms with Gasteiger partial charge in [0.05, 0.1) is 17.0 Å². The predicted molar refractivity (Wildman–Crippen MR) is 80.4 cm³/mol. The first-order valence-electron chi connectivity index (χ1n) is 6.59. The number of nitrogens with zero attached hydrogens (tertiary/aromatic N) is 3. The summed E-state index contributed by atoms with van der Waals surface area (Å²) in [7, 11) is -3.86. The van der Waals surface area contributed by atoms with Crippen LogP contribution in [-0.2, 0) is 16.6 Å². The molecule has 0 fully saturated rings. The van der Waals surface area contributed by atoms with E-state index in [2.05, 4.69) is 14.9 Å². The zero-order valence-corrected chi connectivity index (χ0v) is 12.6. The molecule has 0 spiro atoms. The third-order valence-electron chi connectivity index (χ3n) is 3.20. The van der Waals surface area contributed by atoms with Gasteiger partial charge in [-0.3, -0.25) is 4.40 Å². The molecule has 3 rings (SSSR count). The van der Waals surface area contributed by atoms with Gasteiger partial charge in [-0.2, -0.15) is 0 Å². The van der Waals surface area contributed by atoms with Crippen LogP contribution in [0.1, 0.15) is 16.2 Å². The summed E-state index contributed by atoms with van der Waals surface area (Å²) in [5.74, 6) is -0.760. The van der Waals surface area contributed by atoms with E-state index in [1.165, 1.54) is 18.2 Å². The Bertz CT molecular complexity index is 981. The molecule has 8 nitrogen and oxygen atoms in total. The molecule has 2 aromatic heterocycles. The first-order valence-corrected chi connectivity index (χ1v) is 8.07. The zero-order valence-electron chi connectivity index (χ0n) is 11.7. The van der Waals surface area contributed by atoms with Crippen molar-refractivity contribution in [1.82, 2.24) is 19.3 Å². The maximum atomic E-state index is 12.3. The number of carboxylic acid groups (broad SMARTS) is 1. The van der Waals surface area contributed by atoms with E-state index in [0.717, 1.165) is 6.07 Å². The number of aromatic carboxylic acids is 1. The number of hydrogen-bond donors (Lipinski definition) is 2. The van der Waals surface area contributed by atoms with Crippen molar-refractivity contribution in [3.8, 4) is 0 Å². The Kier molecular flexibility index (Phi) is 3.80. The van der Waals surface area contributed by atoms with Crippen LogP contribution in [0, 0.1) is 0 Å². The molecule has 9 heteroatoms. The van der Waals surface area contributed by atoms with Crippen LogP contribution in [0.5, 0.6) is 0 Å². The maximum absolute atomic E-state index is 12.3. The van der Waals surface area contributed by atoms with E-state index in [1.807, 2.05) is 0 Å². The van der Waals surface area contributed by atoms with E-state index in [4.69, 9.17) is 5.11 Å². The molecule has 3 aromatic rings. The molecule has 0 radical (unpaired) electrons. The van der Waals surface area contributed by atoms with E-state index in [1.54, 1.807) is 28.8 Å². The number of pyridine rings is 1. The molecule has 0 amide bonds. The van der Waals surface area contributed by atoms with Gasteiger partial charge in [0.25, 0.3) is 0 Å². The smallest absolute Gasteiger partial charge is 0.335 e. The monoisotopic (exact) mass is 332 g/mol. The number of nitrogens with one attached hydrogen (secondary N) is 1. The van der Waals surface area contributed by atoms with Crippen LogP contribution in [0.4, 0.5) is 0 Å². The summed E-state index contributed by atoms with van der Waals surface area (Å²) in [6.45, 7) is -0.0647. The highest BCUT2D eigenvalue weighted by Gasteiger charge is 2.17. The average Bonchev–Trinajstić information content (AvgIpc) is 2.96. The maximum Gasteiger partial charge on any atom is 0.335 e. The Morgan fingerprint density at radius 3 is 2.78 bits per heavy atom. The van der Waals surface area contributed by atoms with E-state index < -0.39 is 16.0 Å². The molecule has 0 saturated heterocycles. The van der Waals surface area contributed by atoms with Gasteiger partial charge in [0, 0.05) is 6.20 Å². The lowest BCUT2D eigenvalue weighted by Gasteiger charge is -2.06. The Morgan fingerprint density at radius 2 is 2.00 bits per heavy atom. The number of benzene rings is 1. The van der Waals surface area contributed by atoms with Crippen LogP contribution in [0.15, 0.2) is 53.6 Å². The van der Waals surface area contributed by atoms with Gasteiger partial charge in [-0.05, 0) is 30.3 Å². The van der Waals surface area contributed by atoms with Gasteiger partial charge in [-0.25, -0.2) is 17.9 Å². The van der Waals surface area contributed by atoms with Gasteiger partial charge in [0.2, 0.25) is 10.0 Å². The van der Waals surface area contributed by atoms with Crippen molar-refractivity contribution in [1.29, 1.82) is 0 Å². The average molecular weight is 332 g/mol. The molecule has 0 bridgehead atoms. The molecule has 0 aliphatic carbocycles. The van der Waals surface area contributed by atoms with Gasteiger partial charge >= 0.3 is 5.97 Å². The fourth-order valence-corrected chi connectivity index (χ4v) is 3.08.